The molecular weight excluding hydrogens is 302 g/mol. The van der Waals surface area contributed by atoms with Gasteiger partial charge in [-0.2, -0.15) is 0 Å². The number of nitrogens with one attached hydrogen (secondary N) is 2. The molecule has 136 valence electrons. The third kappa shape index (κ3) is 2.96. The van der Waals surface area contributed by atoms with E-state index in [1.54, 1.807) is 6.92 Å². The maximum Gasteiger partial charge on any atom is 0.236 e. The van der Waals surface area contributed by atoms with E-state index in [9.17, 15) is 9.59 Å². The van der Waals surface area contributed by atoms with Crippen molar-refractivity contribution in [3.63, 3.8) is 0 Å². The Morgan fingerprint density at radius 1 is 1.21 bits per heavy atom. The highest BCUT2D eigenvalue weighted by Crippen LogP contribution is 2.65. The second-order valence-electron chi connectivity index (χ2n) is 8.92. The summed E-state index contributed by atoms with van der Waals surface area (Å²) in [5, 5.41) is 6.53. The van der Waals surface area contributed by atoms with E-state index in [2.05, 4.69) is 31.4 Å². The van der Waals surface area contributed by atoms with Gasteiger partial charge in [0.2, 0.25) is 11.8 Å². The zero-order chi connectivity index (χ0) is 17.5. The van der Waals surface area contributed by atoms with Gasteiger partial charge < -0.3 is 15.5 Å². The topological polar surface area (TPSA) is 61.4 Å². The molecule has 1 heterocycles. The number of likely N-dealkylation sites (tertiary alicyclic amines) is 1. The molecular formula is C19H33N3O2. The van der Waals surface area contributed by atoms with E-state index in [1.165, 1.54) is 19.3 Å². The molecule has 1 aliphatic heterocycles. The van der Waals surface area contributed by atoms with E-state index in [0.29, 0.717) is 30.0 Å². The molecule has 5 heteroatoms. The minimum Gasteiger partial charge on any atom is -0.352 e. The number of fused-ring (bicyclic) bond motifs is 2. The molecule has 2 amide bonds. The van der Waals surface area contributed by atoms with Crippen LogP contribution in [0.5, 0.6) is 0 Å². The molecule has 24 heavy (non-hydrogen) atoms. The molecule has 3 aliphatic rings. The molecule has 0 aromatic rings. The average molecular weight is 335 g/mol. The summed E-state index contributed by atoms with van der Waals surface area (Å²) in [7, 11) is 0. The van der Waals surface area contributed by atoms with Gasteiger partial charge in [0.05, 0.1) is 6.54 Å². The Labute approximate surface area is 145 Å². The summed E-state index contributed by atoms with van der Waals surface area (Å²) >= 11 is 0. The first-order valence-electron chi connectivity index (χ1n) is 9.52. The Bertz CT molecular complexity index is 519. The lowest BCUT2D eigenvalue weighted by Gasteiger charge is -2.40. The third-order valence-corrected chi connectivity index (χ3v) is 7.48. The highest BCUT2D eigenvalue weighted by molar-refractivity contribution is 5.78. The van der Waals surface area contributed by atoms with E-state index >= 15 is 0 Å². The molecule has 0 radical (unpaired) electrons. The van der Waals surface area contributed by atoms with E-state index in [4.69, 9.17) is 0 Å². The van der Waals surface area contributed by atoms with Gasteiger partial charge in [0.15, 0.2) is 0 Å². The van der Waals surface area contributed by atoms with Crippen LogP contribution in [0, 0.1) is 16.7 Å². The summed E-state index contributed by atoms with van der Waals surface area (Å²) in [6.07, 6.45) is 5.73. The molecule has 0 aromatic heterocycles. The lowest BCUT2D eigenvalue weighted by Crippen LogP contribution is -2.53. The van der Waals surface area contributed by atoms with Gasteiger partial charge in [0, 0.05) is 32.1 Å². The third-order valence-electron chi connectivity index (χ3n) is 7.48. The van der Waals surface area contributed by atoms with Crippen molar-refractivity contribution in [1.82, 2.24) is 15.5 Å². The lowest BCUT2D eigenvalue weighted by molar-refractivity contribution is -0.132. The standard InChI is InChI=1S/C19H33N3O2/c1-13(23)21-15-6-5-9-22(12-15)17(24)11-20-16-10-14-7-8-19(16,4)18(14,2)3/h14-16,20H,5-12H2,1-4H3,(H,21,23)/t14-,15-,16-,19-/m1/s1. The van der Waals surface area contributed by atoms with Gasteiger partial charge in [-0.05, 0) is 48.9 Å². The number of hydrogen-bond acceptors (Lipinski definition) is 3. The van der Waals surface area contributed by atoms with E-state index in [1.807, 2.05) is 4.90 Å². The number of rotatable bonds is 4. The molecule has 3 rings (SSSR count). The summed E-state index contributed by atoms with van der Waals surface area (Å²) < 4.78 is 0. The van der Waals surface area contributed by atoms with Crippen molar-refractivity contribution in [2.24, 2.45) is 16.7 Å². The number of piperidine rings is 1. The minimum atomic E-state index is -0.00967. The molecule has 4 atom stereocenters. The van der Waals surface area contributed by atoms with E-state index < -0.39 is 0 Å². The Kier molecular flexibility index (Phi) is 4.67. The molecule has 0 spiro atoms. The summed E-state index contributed by atoms with van der Waals surface area (Å²) in [5.74, 6) is 0.952. The SMILES string of the molecule is CC(=O)N[C@@H]1CCCN(C(=O)CN[C@@H]2C[C@H]3CC[C@@]2(C)C3(C)C)C1. The largest absolute Gasteiger partial charge is 0.352 e. The number of amides is 2. The zero-order valence-corrected chi connectivity index (χ0v) is 15.7. The second kappa shape index (κ2) is 6.32. The number of nitrogens with zero attached hydrogens (tertiary/aromatic N) is 1. The number of carbonyl (C=O) groups excluding carboxylic acids is 2. The molecule has 0 aromatic carbocycles. The van der Waals surface area contributed by atoms with E-state index in [0.717, 1.165) is 25.3 Å². The van der Waals surface area contributed by atoms with Crippen molar-refractivity contribution in [1.29, 1.82) is 0 Å². The highest BCUT2D eigenvalue weighted by atomic mass is 16.2. The molecule has 2 saturated carbocycles. The first kappa shape index (κ1) is 17.7. The van der Waals surface area contributed by atoms with Crippen molar-refractivity contribution < 1.29 is 9.59 Å². The van der Waals surface area contributed by atoms with Crippen molar-refractivity contribution >= 4 is 11.8 Å². The maximum absolute atomic E-state index is 12.6. The predicted octanol–water partition coefficient (Wildman–Crippen LogP) is 1.92. The summed E-state index contributed by atoms with van der Waals surface area (Å²) in [6, 6.07) is 0.560. The van der Waals surface area contributed by atoms with Crippen molar-refractivity contribution in [2.75, 3.05) is 19.6 Å². The maximum atomic E-state index is 12.6. The van der Waals surface area contributed by atoms with E-state index in [-0.39, 0.29) is 17.9 Å². The minimum absolute atomic E-state index is 0.00967. The van der Waals surface area contributed by atoms with Crippen LogP contribution in [0.2, 0.25) is 0 Å². The van der Waals surface area contributed by atoms with Gasteiger partial charge in [-0.3, -0.25) is 9.59 Å². The van der Waals surface area contributed by atoms with Crippen LogP contribution in [0.25, 0.3) is 0 Å². The van der Waals surface area contributed by atoms with Crippen molar-refractivity contribution in [2.45, 2.75) is 71.9 Å². The Morgan fingerprint density at radius 2 is 1.96 bits per heavy atom. The van der Waals surface area contributed by atoms with Crippen LogP contribution in [0.4, 0.5) is 0 Å². The predicted molar refractivity (Wildman–Crippen MR) is 94.4 cm³/mol. The first-order chi connectivity index (χ1) is 11.2. The van der Waals surface area contributed by atoms with Crippen LogP contribution in [0.3, 0.4) is 0 Å². The molecule has 2 bridgehead atoms. The van der Waals surface area contributed by atoms with Crippen molar-refractivity contribution in [3.05, 3.63) is 0 Å². The molecule has 2 aliphatic carbocycles. The van der Waals surface area contributed by atoms with Gasteiger partial charge in [-0.1, -0.05) is 20.8 Å². The normalized spacial score (nSPS) is 37.5. The molecule has 2 N–H and O–H groups in total. The summed E-state index contributed by atoms with van der Waals surface area (Å²) in [5.41, 5.74) is 0.675. The smallest absolute Gasteiger partial charge is 0.236 e. The van der Waals surface area contributed by atoms with Gasteiger partial charge in [0.25, 0.3) is 0 Å². The van der Waals surface area contributed by atoms with Gasteiger partial charge >= 0.3 is 0 Å². The van der Waals surface area contributed by atoms with Crippen molar-refractivity contribution in [3.8, 4) is 0 Å². The fourth-order valence-corrected chi connectivity index (χ4v) is 5.44. The fourth-order valence-electron chi connectivity index (χ4n) is 5.44. The molecule has 3 fully saturated rings. The molecule has 5 nitrogen and oxygen atoms in total. The number of hydrogen-bond donors (Lipinski definition) is 2. The molecule has 1 saturated heterocycles. The summed E-state index contributed by atoms with van der Waals surface area (Å²) in [4.78, 5) is 25.8. The fraction of sp³-hybridized carbons (Fsp3) is 0.895. The Balaban J connectivity index is 1.52. The second-order valence-corrected chi connectivity index (χ2v) is 8.92. The Hall–Kier alpha value is -1.10. The zero-order valence-electron chi connectivity index (χ0n) is 15.7. The Morgan fingerprint density at radius 3 is 2.54 bits per heavy atom. The van der Waals surface area contributed by atoms with Crippen LogP contribution in [-0.2, 0) is 9.59 Å². The average Bonchev–Trinajstić information content (AvgIpc) is 2.85. The molecule has 0 unspecified atom stereocenters. The van der Waals surface area contributed by atoms with Gasteiger partial charge in [0.1, 0.15) is 0 Å². The lowest BCUT2D eigenvalue weighted by atomic mass is 9.69. The van der Waals surface area contributed by atoms with Crippen LogP contribution in [0.15, 0.2) is 0 Å². The summed E-state index contributed by atoms with van der Waals surface area (Å²) in [6.45, 7) is 10.6. The first-order valence-corrected chi connectivity index (χ1v) is 9.52. The highest BCUT2D eigenvalue weighted by Gasteiger charge is 2.61. The van der Waals surface area contributed by atoms with Crippen LogP contribution in [-0.4, -0.2) is 48.4 Å². The van der Waals surface area contributed by atoms with Crippen LogP contribution in [0.1, 0.15) is 59.8 Å². The van der Waals surface area contributed by atoms with Gasteiger partial charge in [-0.25, -0.2) is 0 Å². The van der Waals surface area contributed by atoms with Crippen LogP contribution >= 0.6 is 0 Å². The number of carbonyl (C=O) groups is 2. The van der Waals surface area contributed by atoms with Crippen LogP contribution < -0.4 is 10.6 Å². The van der Waals surface area contributed by atoms with Gasteiger partial charge in [-0.15, -0.1) is 0 Å². The quantitative estimate of drug-likeness (QED) is 0.825. The monoisotopic (exact) mass is 335 g/mol.